The fraction of sp³-hybridized carbons (Fsp3) is 0.182. The topological polar surface area (TPSA) is 54.5 Å². The van der Waals surface area contributed by atoms with Crippen LogP contribution in [-0.2, 0) is 6.54 Å². The molecule has 1 aromatic heterocycles. The van der Waals surface area contributed by atoms with Gasteiger partial charge in [-0.15, -0.1) is 5.10 Å². The number of hydrogen-bond acceptors (Lipinski definition) is 3. The maximum absolute atomic E-state index is 12.9. The monoisotopic (exact) mass is 216 g/mol. The molecule has 0 spiro atoms. The Morgan fingerprint density at radius 3 is 2.94 bits per heavy atom. The molecule has 0 N–H and O–H groups in total. The molecule has 16 heavy (non-hydrogen) atoms. The second-order valence-electron chi connectivity index (χ2n) is 3.45. The lowest BCUT2D eigenvalue weighted by Gasteiger charge is -2.04. The lowest BCUT2D eigenvalue weighted by atomic mass is 10.1. The Kier molecular flexibility index (Phi) is 2.64. The van der Waals surface area contributed by atoms with E-state index in [0.717, 1.165) is 11.1 Å². The summed E-state index contributed by atoms with van der Waals surface area (Å²) in [7, 11) is 0. The minimum absolute atomic E-state index is 0.139. The number of hydrogen-bond donors (Lipinski definition) is 0. The van der Waals surface area contributed by atoms with E-state index in [-0.39, 0.29) is 11.6 Å². The van der Waals surface area contributed by atoms with Gasteiger partial charge in [-0.2, -0.15) is 5.26 Å². The van der Waals surface area contributed by atoms with Crippen LogP contribution >= 0.6 is 0 Å². The molecule has 0 aliphatic carbocycles. The van der Waals surface area contributed by atoms with Crippen LogP contribution in [0.25, 0.3) is 0 Å². The first-order valence-corrected chi connectivity index (χ1v) is 4.73. The third-order valence-corrected chi connectivity index (χ3v) is 2.27. The van der Waals surface area contributed by atoms with Gasteiger partial charge < -0.3 is 0 Å². The molecule has 80 valence electrons. The minimum atomic E-state index is -0.252. The summed E-state index contributed by atoms with van der Waals surface area (Å²) in [5.41, 5.74) is 1.81. The van der Waals surface area contributed by atoms with Crippen molar-refractivity contribution in [1.82, 2.24) is 14.8 Å². The highest BCUT2D eigenvalue weighted by Crippen LogP contribution is 2.11. The molecule has 0 amide bonds. The van der Waals surface area contributed by atoms with Crippen LogP contribution in [0, 0.1) is 24.1 Å². The zero-order valence-electron chi connectivity index (χ0n) is 8.68. The molecule has 0 atom stereocenters. The first-order valence-electron chi connectivity index (χ1n) is 4.73. The molecule has 1 heterocycles. The summed E-state index contributed by atoms with van der Waals surface area (Å²) in [6.07, 6.45) is 1.49. The minimum Gasteiger partial charge on any atom is -0.247 e. The molecule has 2 aromatic rings. The van der Waals surface area contributed by atoms with Crippen molar-refractivity contribution in [3.8, 4) is 6.07 Å². The van der Waals surface area contributed by atoms with E-state index in [4.69, 9.17) is 5.26 Å². The second-order valence-corrected chi connectivity index (χ2v) is 3.45. The summed E-state index contributed by atoms with van der Waals surface area (Å²) < 4.78 is 14.4. The summed E-state index contributed by atoms with van der Waals surface area (Å²) in [5.74, 6) is -0.114. The molecule has 0 bridgehead atoms. The Hall–Kier alpha value is -2.22. The van der Waals surface area contributed by atoms with Gasteiger partial charge in [-0.3, -0.25) is 0 Å². The van der Waals surface area contributed by atoms with Gasteiger partial charge in [-0.25, -0.2) is 14.1 Å². The summed E-state index contributed by atoms with van der Waals surface area (Å²) in [5, 5.41) is 12.5. The average molecular weight is 216 g/mol. The molecule has 0 aliphatic heterocycles. The van der Waals surface area contributed by atoms with Gasteiger partial charge in [0.2, 0.25) is 0 Å². The van der Waals surface area contributed by atoms with E-state index in [1.807, 2.05) is 13.0 Å². The molecule has 2 rings (SSSR count). The molecular formula is C11H9FN4. The fourth-order valence-electron chi connectivity index (χ4n) is 1.43. The summed E-state index contributed by atoms with van der Waals surface area (Å²) in [6.45, 7) is 2.32. The van der Waals surface area contributed by atoms with Crippen LogP contribution in [0.5, 0.6) is 0 Å². The SMILES string of the molecule is Cc1cc(F)ccc1Cn1cnc(C#N)n1. The molecule has 0 aliphatic rings. The first-order chi connectivity index (χ1) is 7.69. The van der Waals surface area contributed by atoms with Gasteiger partial charge in [-0.1, -0.05) is 6.07 Å². The van der Waals surface area contributed by atoms with Crippen LogP contribution < -0.4 is 0 Å². The van der Waals surface area contributed by atoms with E-state index in [1.165, 1.54) is 18.5 Å². The number of aromatic nitrogens is 3. The van der Waals surface area contributed by atoms with Crippen molar-refractivity contribution in [3.63, 3.8) is 0 Å². The van der Waals surface area contributed by atoms with Crippen molar-refractivity contribution in [2.45, 2.75) is 13.5 Å². The van der Waals surface area contributed by atoms with E-state index < -0.39 is 0 Å². The average Bonchev–Trinajstić information content (AvgIpc) is 2.70. The van der Waals surface area contributed by atoms with Crippen LogP contribution in [0.4, 0.5) is 4.39 Å². The van der Waals surface area contributed by atoms with Crippen molar-refractivity contribution >= 4 is 0 Å². The second kappa shape index (κ2) is 4.11. The molecule has 0 radical (unpaired) electrons. The molecule has 0 saturated heterocycles. The predicted octanol–water partition coefficient (Wildman–Crippen LogP) is 1.65. The zero-order chi connectivity index (χ0) is 11.5. The highest BCUT2D eigenvalue weighted by atomic mass is 19.1. The predicted molar refractivity (Wildman–Crippen MR) is 55.0 cm³/mol. The Balaban J connectivity index is 2.24. The van der Waals surface area contributed by atoms with Gasteiger partial charge >= 0.3 is 0 Å². The smallest absolute Gasteiger partial charge is 0.247 e. The fourth-order valence-corrected chi connectivity index (χ4v) is 1.43. The van der Waals surface area contributed by atoms with Crippen molar-refractivity contribution in [1.29, 1.82) is 5.26 Å². The molecule has 4 nitrogen and oxygen atoms in total. The van der Waals surface area contributed by atoms with Crippen LogP contribution in [0.1, 0.15) is 17.0 Å². The van der Waals surface area contributed by atoms with E-state index in [9.17, 15) is 4.39 Å². The van der Waals surface area contributed by atoms with Gasteiger partial charge in [0.1, 0.15) is 18.2 Å². The number of nitrogens with zero attached hydrogens (tertiary/aromatic N) is 4. The van der Waals surface area contributed by atoms with E-state index in [0.29, 0.717) is 6.54 Å². The maximum Gasteiger partial charge on any atom is 0.252 e. The normalized spacial score (nSPS) is 10.1. The van der Waals surface area contributed by atoms with Gasteiger partial charge in [-0.05, 0) is 30.2 Å². The Labute approximate surface area is 92.0 Å². The highest BCUT2D eigenvalue weighted by molar-refractivity contribution is 5.26. The molecule has 0 saturated carbocycles. The number of rotatable bonds is 2. The molecule has 0 unspecified atom stereocenters. The molecule has 5 heteroatoms. The third kappa shape index (κ3) is 2.06. The van der Waals surface area contributed by atoms with Gasteiger partial charge in [0.25, 0.3) is 5.82 Å². The van der Waals surface area contributed by atoms with Crippen LogP contribution in [-0.4, -0.2) is 14.8 Å². The lowest BCUT2D eigenvalue weighted by molar-refractivity contribution is 0.622. The Morgan fingerprint density at radius 1 is 1.50 bits per heavy atom. The van der Waals surface area contributed by atoms with Crippen LogP contribution in [0.3, 0.4) is 0 Å². The van der Waals surface area contributed by atoms with Gasteiger partial charge in [0, 0.05) is 0 Å². The van der Waals surface area contributed by atoms with Crippen LogP contribution in [0.2, 0.25) is 0 Å². The van der Waals surface area contributed by atoms with Crippen LogP contribution in [0.15, 0.2) is 24.5 Å². The highest BCUT2D eigenvalue weighted by Gasteiger charge is 2.03. The number of benzene rings is 1. The summed E-state index contributed by atoms with van der Waals surface area (Å²) in [4.78, 5) is 3.79. The van der Waals surface area contributed by atoms with Crippen molar-refractivity contribution < 1.29 is 4.39 Å². The van der Waals surface area contributed by atoms with Crippen molar-refractivity contribution in [2.75, 3.05) is 0 Å². The quantitative estimate of drug-likeness (QED) is 0.766. The number of aryl methyl sites for hydroxylation is 1. The molecular weight excluding hydrogens is 207 g/mol. The number of halogens is 1. The first kappa shape index (κ1) is 10.3. The van der Waals surface area contributed by atoms with E-state index >= 15 is 0 Å². The lowest BCUT2D eigenvalue weighted by Crippen LogP contribution is -2.02. The van der Waals surface area contributed by atoms with Gasteiger partial charge in [0.05, 0.1) is 6.54 Å². The zero-order valence-corrected chi connectivity index (χ0v) is 8.68. The molecule has 0 fully saturated rings. The largest absolute Gasteiger partial charge is 0.252 e. The maximum atomic E-state index is 12.9. The summed E-state index contributed by atoms with van der Waals surface area (Å²) >= 11 is 0. The number of nitriles is 1. The standard InChI is InChI=1S/C11H9FN4/c1-8-4-10(12)3-2-9(8)6-16-7-14-11(5-13)15-16/h2-4,7H,6H2,1H3. The summed E-state index contributed by atoms with van der Waals surface area (Å²) in [6, 6.07) is 6.44. The van der Waals surface area contributed by atoms with Gasteiger partial charge in [0.15, 0.2) is 0 Å². The Morgan fingerprint density at radius 2 is 2.31 bits per heavy atom. The third-order valence-electron chi connectivity index (χ3n) is 2.27. The molecule has 1 aromatic carbocycles. The van der Waals surface area contributed by atoms with E-state index in [2.05, 4.69) is 10.1 Å². The van der Waals surface area contributed by atoms with E-state index in [1.54, 1.807) is 10.7 Å². The Bertz CT molecular complexity index is 553. The van der Waals surface area contributed by atoms with Crippen molar-refractivity contribution in [3.05, 3.63) is 47.3 Å². The van der Waals surface area contributed by atoms with Crippen molar-refractivity contribution in [2.24, 2.45) is 0 Å².